The van der Waals surface area contributed by atoms with Crippen molar-refractivity contribution in [1.29, 1.82) is 0 Å². The van der Waals surface area contributed by atoms with Gasteiger partial charge in [-0.25, -0.2) is 0 Å². The largest absolute Gasteiger partial charge is 0.469 e. The molecule has 0 aromatic rings. The number of carbonyl (C=O) groups excluding carboxylic acids is 3. The standard InChI is InChI=1S/C25H38O6/c1-16-10-12-22-24(5,13-8-14-25(22,6)23(28)29-7)20(16)11-9-17(2)21(31-19(4)27)15-30-18(3)26/h20-22H,1-2,8-15H2,3-7H3. The average molecular weight is 435 g/mol. The van der Waals surface area contributed by atoms with E-state index in [2.05, 4.69) is 27.0 Å². The third kappa shape index (κ3) is 5.39. The quantitative estimate of drug-likeness (QED) is 0.311. The van der Waals surface area contributed by atoms with Gasteiger partial charge in [0.05, 0.1) is 12.5 Å². The second kappa shape index (κ2) is 10.0. The number of methoxy groups -OCH3 is 1. The van der Waals surface area contributed by atoms with Gasteiger partial charge in [0.15, 0.2) is 6.10 Å². The van der Waals surface area contributed by atoms with Gasteiger partial charge in [-0.1, -0.05) is 32.1 Å². The highest BCUT2D eigenvalue weighted by Gasteiger charge is 2.57. The van der Waals surface area contributed by atoms with E-state index in [1.807, 2.05) is 0 Å². The number of allylic oxidation sites excluding steroid dienone is 1. The summed E-state index contributed by atoms with van der Waals surface area (Å²) in [5.74, 6) is -0.511. The molecule has 0 amide bonds. The van der Waals surface area contributed by atoms with Gasteiger partial charge in [-0.3, -0.25) is 14.4 Å². The zero-order chi connectivity index (χ0) is 23.4. The Kier molecular flexibility index (Phi) is 8.12. The number of carbonyl (C=O) groups is 3. The van der Waals surface area contributed by atoms with Crippen LogP contribution >= 0.6 is 0 Å². The third-order valence-electron chi connectivity index (χ3n) is 7.63. The fourth-order valence-electron chi connectivity index (χ4n) is 6.08. The average Bonchev–Trinajstić information content (AvgIpc) is 2.69. The lowest BCUT2D eigenvalue weighted by molar-refractivity contribution is -0.168. The van der Waals surface area contributed by atoms with E-state index in [0.717, 1.165) is 44.1 Å². The molecule has 174 valence electrons. The van der Waals surface area contributed by atoms with Crippen LogP contribution in [0.25, 0.3) is 0 Å². The van der Waals surface area contributed by atoms with Crippen LogP contribution in [0.3, 0.4) is 0 Å². The third-order valence-corrected chi connectivity index (χ3v) is 7.63. The molecule has 0 aromatic heterocycles. The highest BCUT2D eigenvalue weighted by Crippen LogP contribution is 2.62. The highest BCUT2D eigenvalue weighted by molar-refractivity contribution is 5.77. The smallest absolute Gasteiger partial charge is 0.311 e. The first kappa shape index (κ1) is 25.2. The normalized spacial score (nSPS) is 31.2. The van der Waals surface area contributed by atoms with Gasteiger partial charge in [0, 0.05) is 13.8 Å². The molecule has 0 radical (unpaired) electrons. The van der Waals surface area contributed by atoms with E-state index in [9.17, 15) is 14.4 Å². The molecule has 2 fully saturated rings. The molecular formula is C25H38O6. The Bertz CT molecular complexity index is 740. The van der Waals surface area contributed by atoms with Gasteiger partial charge in [0.25, 0.3) is 0 Å². The molecule has 0 aromatic carbocycles. The molecular weight excluding hydrogens is 396 g/mol. The van der Waals surface area contributed by atoms with E-state index >= 15 is 0 Å². The summed E-state index contributed by atoms with van der Waals surface area (Å²) in [6.45, 7) is 15.5. The van der Waals surface area contributed by atoms with E-state index in [-0.39, 0.29) is 29.8 Å². The maximum atomic E-state index is 12.7. The van der Waals surface area contributed by atoms with Crippen LogP contribution in [0.4, 0.5) is 0 Å². The predicted molar refractivity (Wildman–Crippen MR) is 118 cm³/mol. The lowest BCUT2D eigenvalue weighted by Gasteiger charge is -2.57. The number of hydrogen-bond donors (Lipinski definition) is 0. The fraction of sp³-hybridized carbons (Fsp3) is 0.720. The molecule has 2 rings (SSSR count). The first-order valence-corrected chi connectivity index (χ1v) is 11.2. The zero-order valence-corrected chi connectivity index (χ0v) is 19.8. The second-order valence-corrected chi connectivity index (χ2v) is 9.67. The van der Waals surface area contributed by atoms with Gasteiger partial charge in [0.2, 0.25) is 0 Å². The summed E-state index contributed by atoms with van der Waals surface area (Å²) >= 11 is 0. The van der Waals surface area contributed by atoms with Crippen LogP contribution < -0.4 is 0 Å². The van der Waals surface area contributed by atoms with Crippen molar-refractivity contribution < 1.29 is 28.6 Å². The maximum absolute atomic E-state index is 12.7. The first-order chi connectivity index (χ1) is 14.5. The van der Waals surface area contributed by atoms with Gasteiger partial charge >= 0.3 is 17.9 Å². The molecule has 31 heavy (non-hydrogen) atoms. The minimum absolute atomic E-state index is 0.0281. The summed E-state index contributed by atoms with van der Waals surface area (Å²) in [7, 11) is 1.47. The Labute approximate surface area is 186 Å². The van der Waals surface area contributed by atoms with E-state index in [1.165, 1.54) is 26.5 Å². The van der Waals surface area contributed by atoms with Crippen molar-refractivity contribution >= 4 is 17.9 Å². The van der Waals surface area contributed by atoms with Crippen LogP contribution in [0.1, 0.15) is 72.6 Å². The summed E-state index contributed by atoms with van der Waals surface area (Å²) in [4.78, 5) is 35.4. The minimum Gasteiger partial charge on any atom is -0.469 e. The Balaban J connectivity index is 2.17. The van der Waals surface area contributed by atoms with Crippen LogP contribution in [0, 0.1) is 22.7 Å². The summed E-state index contributed by atoms with van der Waals surface area (Å²) in [5, 5.41) is 0. The monoisotopic (exact) mass is 434 g/mol. The van der Waals surface area contributed by atoms with Crippen molar-refractivity contribution in [3.8, 4) is 0 Å². The predicted octanol–water partition coefficient (Wildman–Crippen LogP) is 4.77. The Morgan fingerprint density at radius 1 is 1.16 bits per heavy atom. The van der Waals surface area contributed by atoms with Crippen molar-refractivity contribution in [3.63, 3.8) is 0 Å². The molecule has 0 aliphatic heterocycles. The molecule has 2 aliphatic rings. The molecule has 2 aliphatic carbocycles. The first-order valence-electron chi connectivity index (χ1n) is 11.2. The van der Waals surface area contributed by atoms with Crippen molar-refractivity contribution in [1.82, 2.24) is 0 Å². The lowest BCUT2D eigenvalue weighted by atomic mass is 9.46. The van der Waals surface area contributed by atoms with Crippen LogP contribution in [0.2, 0.25) is 0 Å². The molecule has 0 heterocycles. The number of ether oxygens (including phenoxy) is 3. The van der Waals surface area contributed by atoms with E-state index < -0.39 is 23.5 Å². The zero-order valence-electron chi connectivity index (χ0n) is 19.8. The molecule has 2 saturated carbocycles. The lowest BCUT2D eigenvalue weighted by Crippen LogP contribution is -2.53. The molecule has 5 unspecified atom stereocenters. The summed E-state index contributed by atoms with van der Waals surface area (Å²) < 4.78 is 15.6. The Morgan fingerprint density at radius 2 is 1.84 bits per heavy atom. The Hall–Kier alpha value is -2.11. The Morgan fingerprint density at radius 3 is 2.42 bits per heavy atom. The molecule has 0 N–H and O–H groups in total. The molecule has 5 atom stereocenters. The van der Waals surface area contributed by atoms with Crippen LogP contribution in [0.5, 0.6) is 0 Å². The number of fused-ring (bicyclic) bond motifs is 1. The molecule has 0 spiro atoms. The van der Waals surface area contributed by atoms with Gasteiger partial charge in [-0.2, -0.15) is 0 Å². The van der Waals surface area contributed by atoms with E-state index in [4.69, 9.17) is 14.2 Å². The van der Waals surface area contributed by atoms with Gasteiger partial charge < -0.3 is 14.2 Å². The van der Waals surface area contributed by atoms with Crippen molar-refractivity contribution in [2.24, 2.45) is 22.7 Å². The van der Waals surface area contributed by atoms with Crippen LogP contribution in [0.15, 0.2) is 24.3 Å². The topological polar surface area (TPSA) is 78.9 Å². The van der Waals surface area contributed by atoms with Gasteiger partial charge in [0.1, 0.15) is 6.61 Å². The van der Waals surface area contributed by atoms with Crippen LogP contribution in [-0.2, 0) is 28.6 Å². The second-order valence-electron chi connectivity index (χ2n) is 9.67. The van der Waals surface area contributed by atoms with E-state index in [1.54, 1.807) is 0 Å². The van der Waals surface area contributed by atoms with Crippen LogP contribution in [-0.4, -0.2) is 37.7 Å². The van der Waals surface area contributed by atoms with Crippen molar-refractivity contribution in [3.05, 3.63) is 24.3 Å². The van der Waals surface area contributed by atoms with Crippen molar-refractivity contribution in [2.75, 3.05) is 13.7 Å². The maximum Gasteiger partial charge on any atom is 0.311 e. The number of hydrogen-bond acceptors (Lipinski definition) is 6. The summed E-state index contributed by atoms with van der Waals surface area (Å²) in [5.41, 5.74) is 1.41. The fourth-order valence-corrected chi connectivity index (χ4v) is 6.08. The summed E-state index contributed by atoms with van der Waals surface area (Å²) in [6, 6.07) is 0. The molecule has 0 saturated heterocycles. The minimum atomic E-state index is -0.659. The SMILES string of the molecule is C=C(CCC1C(=C)CCC2C(C)(C(=O)OC)CCCC12C)C(COC(C)=O)OC(C)=O. The number of esters is 3. The highest BCUT2D eigenvalue weighted by atomic mass is 16.6. The van der Waals surface area contributed by atoms with Crippen molar-refractivity contribution in [2.45, 2.75) is 78.7 Å². The number of rotatable bonds is 8. The molecule has 6 nitrogen and oxygen atoms in total. The van der Waals surface area contributed by atoms with Gasteiger partial charge in [-0.15, -0.1) is 0 Å². The van der Waals surface area contributed by atoms with Gasteiger partial charge in [-0.05, 0) is 68.3 Å². The summed E-state index contributed by atoms with van der Waals surface area (Å²) in [6.07, 6.45) is 5.48. The van der Waals surface area contributed by atoms with E-state index in [0.29, 0.717) is 6.42 Å². The molecule has 0 bridgehead atoms. The molecule has 6 heteroatoms.